The fraction of sp³-hybridized carbons (Fsp3) is 0.625. The van der Waals surface area contributed by atoms with Crippen LogP contribution in [0.1, 0.15) is 43.3 Å². The quantitative estimate of drug-likeness (QED) is 0.875. The minimum Gasteiger partial charge on any atom is -0.340 e. The van der Waals surface area contributed by atoms with E-state index in [4.69, 9.17) is 4.52 Å². The van der Waals surface area contributed by atoms with E-state index in [2.05, 4.69) is 32.3 Å². The van der Waals surface area contributed by atoms with Crippen LogP contribution in [0, 0.1) is 18.8 Å². The van der Waals surface area contributed by atoms with Crippen molar-refractivity contribution in [3.63, 3.8) is 0 Å². The first kappa shape index (κ1) is 17.9. The van der Waals surface area contributed by atoms with E-state index in [-0.39, 0.29) is 5.91 Å². The number of carbonyl (C=O) groups is 1. The van der Waals surface area contributed by atoms with E-state index in [1.54, 1.807) is 6.92 Å². The molecule has 1 amide bonds. The van der Waals surface area contributed by atoms with Gasteiger partial charge >= 0.3 is 0 Å². The molecule has 2 aromatic rings. The number of nitrogens with zero attached hydrogens (tertiary/aromatic N) is 4. The second-order valence-corrected chi connectivity index (χ2v) is 7.65. The Morgan fingerprint density at radius 2 is 2.24 bits per heavy atom. The Morgan fingerprint density at radius 3 is 2.92 bits per heavy atom. The van der Waals surface area contributed by atoms with Gasteiger partial charge in [0.05, 0.1) is 4.88 Å². The summed E-state index contributed by atoms with van der Waals surface area (Å²) in [5.41, 5.74) is 0. The largest absolute Gasteiger partial charge is 0.340 e. The highest BCUT2D eigenvalue weighted by atomic mass is 32.1. The summed E-state index contributed by atoms with van der Waals surface area (Å²) in [5, 5.41) is 6.82. The molecule has 1 aliphatic heterocycles. The third-order valence-electron chi connectivity index (χ3n) is 4.43. The van der Waals surface area contributed by atoms with Gasteiger partial charge in [-0.25, -0.2) is 0 Å². The fourth-order valence-corrected chi connectivity index (χ4v) is 4.07. The summed E-state index contributed by atoms with van der Waals surface area (Å²) < 4.78 is 19.1. The number of rotatable bonds is 5. The SMILES string of the molecule is CC(=O)Nc1nc(F)c(CN2C[C@@H](Cc3noc(C)n3)CC[C@@H]2C)s1. The molecule has 2 atom stereocenters. The van der Waals surface area contributed by atoms with Crippen LogP contribution in [0.4, 0.5) is 9.52 Å². The van der Waals surface area contributed by atoms with Gasteiger partial charge in [0.25, 0.3) is 0 Å². The van der Waals surface area contributed by atoms with E-state index in [0.717, 1.165) is 31.6 Å². The maximum absolute atomic E-state index is 14.1. The minimum absolute atomic E-state index is 0.248. The maximum atomic E-state index is 14.1. The Hall–Kier alpha value is -1.87. The van der Waals surface area contributed by atoms with Crippen LogP contribution in [0.3, 0.4) is 0 Å². The number of thiazole rings is 1. The number of amides is 1. The van der Waals surface area contributed by atoms with Crippen molar-refractivity contribution in [1.82, 2.24) is 20.0 Å². The second-order valence-electron chi connectivity index (χ2n) is 6.57. The van der Waals surface area contributed by atoms with Crippen LogP contribution in [0.5, 0.6) is 0 Å². The van der Waals surface area contributed by atoms with Crippen molar-refractivity contribution in [2.45, 2.75) is 52.6 Å². The van der Waals surface area contributed by atoms with Crippen LogP contribution in [0.15, 0.2) is 4.52 Å². The Bertz CT molecular complexity index is 747. The summed E-state index contributed by atoms with van der Waals surface area (Å²) >= 11 is 1.19. The number of likely N-dealkylation sites (tertiary alicyclic amines) is 1. The lowest BCUT2D eigenvalue weighted by Gasteiger charge is -2.37. The van der Waals surface area contributed by atoms with Crippen molar-refractivity contribution < 1.29 is 13.7 Å². The normalized spacial score (nSPS) is 21.4. The highest BCUT2D eigenvalue weighted by Gasteiger charge is 2.28. The zero-order chi connectivity index (χ0) is 18.0. The third kappa shape index (κ3) is 4.60. The van der Waals surface area contributed by atoms with E-state index in [9.17, 15) is 9.18 Å². The molecule has 3 rings (SSSR count). The average Bonchev–Trinajstić information content (AvgIpc) is 3.08. The van der Waals surface area contributed by atoms with Gasteiger partial charge in [0.15, 0.2) is 11.0 Å². The number of aromatic nitrogens is 3. The molecule has 1 aliphatic rings. The molecule has 136 valence electrons. The monoisotopic (exact) mass is 367 g/mol. The number of anilines is 1. The average molecular weight is 367 g/mol. The molecule has 0 saturated carbocycles. The van der Waals surface area contributed by atoms with Gasteiger partial charge in [-0.2, -0.15) is 14.4 Å². The Balaban J connectivity index is 1.64. The lowest BCUT2D eigenvalue weighted by Crippen LogP contribution is -2.41. The summed E-state index contributed by atoms with van der Waals surface area (Å²) in [6, 6.07) is 0.369. The van der Waals surface area contributed by atoms with Gasteiger partial charge < -0.3 is 9.84 Å². The van der Waals surface area contributed by atoms with Gasteiger partial charge in [-0.05, 0) is 25.7 Å². The molecular weight excluding hydrogens is 345 g/mol. The zero-order valence-electron chi connectivity index (χ0n) is 14.6. The maximum Gasteiger partial charge on any atom is 0.230 e. The molecule has 1 N–H and O–H groups in total. The predicted octanol–water partition coefficient (Wildman–Crippen LogP) is 2.78. The van der Waals surface area contributed by atoms with Gasteiger partial charge in [-0.15, -0.1) is 0 Å². The number of aryl methyl sites for hydroxylation is 1. The van der Waals surface area contributed by atoms with Crippen LogP contribution in [-0.4, -0.2) is 38.5 Å². The molecule has 0 aliphatic carbocycles. The van der Waals surface area contributed by atoms with Crippen LogP contribution in [0.2, 0.25) is 0 Å². The molecule has 25 heavy (non-hydrogen) atoms. The van der Waals surface area contributed by atoms with Crippen LogP contribution in [0.25, 0.3) is 0 Å². The fourth-order valence-electron chi connectivity index (χ4n) is 3.15. The number of nitrogens with one attached hydrogen (secondary N) is 1. The lowest BCUT2D eigenvalue weighted by atomic mass is 9.90. The molecule has 1 fully saturated rings. The Kier molecular flexibility index (Phi) is 5.43. The van der Waals surface area contributed by atoms with Crippen molar-refractivity contribution in [2.75, 3.05) is 11.9 Å². The number of piperidine rings is 1. The van der Waals surface area contributed by atoms with Gasteiger partial charge in [0, 0.05) is 39.4 Å². The molecule has 1 saturated heterocycles. The van der Waals surface area contributed by atoms with Crippen LogP contribution >= 0.6 is 11.3 Å². The second kappa shape index (κ2) is 7.57. The summed E-state index contributed by atoms with van der Waals surface area (Å²) in [6.07, 6.45) is 2.90. The summed E-state index contributed by atoms with van der Waals surface area (Å²) in [7, 11) is 0. The van der Waals surface area contributed by atoms with Gasteiger partial charge in [0.2, 0.25) is 17.7 Å². The van der Waals surface area contributed by atoms with Crippen molar-refractivity contribution in [3.05, 3.63) is 22.5 Å². The van der Waals surface area contributed by atoms with Crippen LogP contribution < -0.4 is 5.32 Å². The van der Waals surface area contributed by atoms with Crippen molar-refractivity contribution >= 4 is 22.4 Å². The highest BCUT2D eigenvalue weighted by Crippen LogP contribution is 2.29. The molecule has 0 aromatic carbocycles. The summed E-state index contributed by atoms with van der Waals surface area (Å²) in [4.78, 5) is 22.0. The van der Waals surface area contributed by atoms with Crippen molar-refractivity contribution in [3.8, 4) is 0 Å². The third-order valence-corrected chi connectivity index (χ3v) is 5.36. The number of hydrogen-bond donors (Lipinski definition) is 1. The summed E-state index contributed by atoms with van der Waals surface area (Å²) in [5.74, 6) is 0.972. The molecule has 2 aromatic heterocycles. The van der Waals surface area contributed by atoms with E-state index in [1.807, 2.05) is 0 Å². The summed E-state index contributed by atoms with van der Waals surface area (Å²) in [6.45, 7) is 6.66. The van der Waals surface area contributed by atoms with Gasteiger partial charge in [0.1, 0.15) is 0 Å². The smallest absolute Gasteiger partial charge is 0.230 e. The first-order valence-corrected chi connectivity index (χ1v) is 9.18. The predicted molar refractivity (Wildman–Crippen MR) is 91.7 cm³/mol. The Morgan fingerprint density at radius 1 is 1.44 bits per heavy atom. The number of halogens is 1. The molecule has 3 heterocycles. The lowest BCUT2D eigenvalue weighted by molar-refractivity contribution is -0.114. The molecule has 0 bridgehead atoms. The highest BCUT2D eigenvalue weighted by molar-refractivity contribution is 7.15. The molecule has 7 nitrogen and oxygen atoms in total. The van der Waals surface area contributed by atoms with Crippen LogP contribution in [-0.2, 0) is 17.8 Å². The number of hydrogen-bond acceptors (Lipinski definition) is 7. The standard InChI is InChI=1S/C16H22FN5O2S/c1-9-4-5-12(6-14-19-11(3)24-21-14)7-22(9)8-13-15(17)20-16(25-13)18-10(2)23/h9,12H,4-8H2,1-3H3,(H,18,20,23)/t9-,12+/m0/s1. The Labute approximate surface area is 149 Å². The van der Waals surface area contributed by atoms with Crippen molar-refractivity contribution in [1.29, 1.82) is 0 Å². The topological polar surface area (TPSA) is 84.2 Å². The van der Waals surface area contributed by atoms with E-state index in [1.165, 1.54) is 18.3 Å². The molecule has 0 unspecified atom stereocenters. The minimum atomic E-state index is -0.503. The first-order chi connectivity index (χ1) is 11.9. The van der Waals surface area contributed by atoms with Gasteiger partial charge in [-0.1, -0.05) is 16.5 Å². The van der Waals surface area contributed by atoms with Crippen molar-refractivity contribution in [2.24, 2.45) is 5.92 Å². The molecule has 0 spiro atoms. The molecule has 0 radical (unpaired) electrons. The first-order valence-electron chi connectivity index (χ1n) is 8.36. The van der Waals surface area contributed by atoms with E-state index >= 15 is 0 Å². The number of carbonyl (C=O) groups excluding carboxylic acids is 1. The molecular formula is C16H22FN5O2S. The molecule has 9 heteroatoms. The zero-order valence-corrected chi connectivity index (χ0v) is 15.4. The van der Waals surface area contributed by atoms with E-state index < -0.39 is 5.95 Å². The van der Waals surface area contributed by atoms with Gasteiger partial charge in [-0.3, -0.25) is 9.69 Å². The van der Waals surface area contributed by atoms with E-state index in [0.29, 0.717) is 34.4 Å².